The van der Waals surface area contributed by atoms with Crippen molar-refractivity contribution in [1.29, 1.82) is 5.26 Å². The first-order valence-electron chi connectivity index (χ1n) is 5.32. The molecule has 0 aliphatic rings. The maximum atomic E-state index is 8.79. The summed E-state index contributed by atoms with van der Waals surface area (Å²) in [6.07, 6.45) is 0.916. The highest BCUT2D eigenvalue weighted by Crippen LogP contribution is 2.16. The van der Waals surface area contributed by atoms with Crippen molar-refractivity contribution in [3.63, 3.8) is 0 Å². The van der Waals surface area contributed by atoms with Crippen LogP contribution in [0.4, 0.5) is 0 Å². The first-order chi connectivity index (χ1) is 6.52. The zero-order valence-electron chi connectivity index (χ0n) is 9.93. The Labute approximate surface area is 88.1 Å². The molecule has 1 N–H and O–H groups in total. The van der Waals surface area contributed by atoms with Gasteiger partial charge in [0, 0.05) is 13.1 Å². The second-order valence-corrected chi connectivity index (χ2v) is 4.39. The Morgan fingerprint density at radius 3 is 2.50 bits per heavy atom. The van der Waals surface area contributed by atoms with Crippen molar-refractivity contribution in [1.82, 2.24) is 10.2 Å². The van der Waals surface area contributed by atoms with Crippen molar-refractivity contribution < 1.29 is 0 Å². The molecule has 3 nitrogen and oxygen atoms in total. The van der Waals surface area contributed by atoms with Crippen molar-refractivity contribution in [2.45, 2.75) is 27.2 Å². The zero-order chi connectivity index (χ0) is 11.0. The Morgan fingerprint density at radius 1 is 1.36 bits per heavy atom. The standard InChI is InChI=1S/C11H23N3/c1-5-14(4)9-8-13-7-6-11(2,3)10-12/h13H,5-9H2,1-4H3. The van der Waals surface area contributed by atoms with Gasteiger partial charge in [-0.15, -0.1) is 0 Å². The van der Waals surface area contributed by atoms with Crippen LogP contribution in [0.1, 0.15) is 27.2 Å². The Morgan fingerprint density at radius 2 is 2.00 bits per heavy atom. The molecule has 0 aliphatic carbocycles. The summed E-state index contributed by atoms with van der Waals surface area (Å²) in [5.74, 6) is 0. The third kappa shape index (κ3) is 6.88. The molecule has 0 rings (SSSR count). The van der Waals surface area contributed by atoms with Crippen LogP contribution in [0.3, 0.4) is 0 Å². The minimum Gasteiger partial charge on any atom is -0.315 e. The fourth-order valence-corrected chi connectivity index (χ4v) is 1.01. The minimum atomic E-state index is -0.191. The molecule has 0 unspecified atom stereocenters. The molecule has 0 amide bonds. The fraction of sp³-hybridized carbons (Fsp3) is 0.909. The smallest absolute Gasteiger partial charge is 0.0684 e. The lowest BCUT2D eigenvalue weighted by atomic mass is 9.92. The molecule has 0 spiro atoms. The van der Waals surface area contributed by atoms with Gasteiger partial charge in [-0.05, 0) is 40.4 Å². The van der Waals surface area contributed by atoms with Gasteiger partial charge in [-0.3, -0.25) is 0 Å². The van der Waals surface area contributed by atoms with Gasteiger partial charge in [0.25, 0.3) is 0 Å². The molecule has 0 aromatic rings. The Bertz CT molecular complexity index is 181. The van der Waals surface area contributed by atoms with Crippen molar-refractivity contribution in [3.8, 4) is 6.07 Å². The van der Waals surface area contributed by atoms with Crippen LogP contribution in [0.5, 0.6) is 0 Å². The van der Waals surface area contributed by atoms with Crippen LogP contribution in [0.15, 0.2) is 0 Å². The average molecular weight is 197 g/mol. The molecular weight excluding hydrogens is 174 g/mol. The van der Waals surface area contributed by atoms with Crippen molar-refractivity contribution in [2.24, 2.45) is 5.41 Å². The van der Waals surface area contributed by atoms with Gasteiger partial charge < -0.3 is 10.2 Å². The normalized spacial score (nSPS) is 11.7. The van der Waals surface area contributed by atoms with Crippen LogP contribution in [0.25, 0.3) is 0 Å². The minimum absolute atomic E-state index is 0.191. The molecule has 0 aliphatic heterocycles. The van der Waals surface area contributed by atoms with Crippen molar-refractivity contribution >= 4 is 0 Å². The van der Waals surface area contributed by atoms with Crippen LogP contribution >= 0.6 is 0 Å². The Kier molecular flexibility index (Phi) is 6.52. The third-order valence-electron chi connectivity index (χ3n) is 2.44. The summed E-state index contributed by atoms with van der Waals surface area (Å²) >= 11 is 0. The van der Waals surface area contributed by atoms with E-state index in [4.69, 9.17) is 5.26 Å². The highest BCUT2D eigenvalue weighted by atomic mass is 15.1. The molecule has 0 saturated heterocycles. The highest BCUT2D eigenvalue weighted by Gasteiger charge is 2.15. The molecule has 0 bridgehead atoms. The van der Waals surface area contributed by atoms with E-state index in [0.717, 1.165) is 32.6 Å². The molecule has 0 atom stereocenters. The van der Waals surface area contributed by atoms with E-state index in [0.29, 0.717) is 0 Å². The number of nitrogens with zero attached hydrogens (tertiary/aromatic N) is 2. The van der Waals surface area contributed by atoms with Crippen LogP contribution in [-0.4, -0.2) is 38.1 Å². The van der Waals surface area contributed by atoms with Gasteiger partial charge in [-0.2, -0.15) is 5.26 Å². The molecule has 0 saturated carbocycles. The lowest BCUT2D eigenvalue weighted by molar-refractivity contribution is 0.342. The van der Waals surface area contributed by atoms with Gasteiger partial charge >= 0.3 is 0 Å². The first-order valence-corrected chi connectivity index (χ1v) is 5.32. The Hall–Kier alpha value is -0.590. The highest BCUT2D eigenvalue weighted by molar-refractivity contribution is 4.91. The zero-order valence-corrected chi connectivity index (χ0v) is 9.93. The predicted molar refractivity (Wildman–Crippen MR) is 60.1 cm³/mol. The SMILES string of the molecule is CCN(C)CCNCCC(C)(C)C#N. The van der Waals surface area contributed by atoms with E-state index in [1.807, 2.05) is 13.8 Å². The van der Waals surface area contributed by atoms with Crippen molar-refractivity contribution in [2.75, 3.05) is 33.2 Å². The van der Waals surface area contributed by atoms with E-state index in [1.165, 1.54) is 0 Å². The number of nitriles is 1. The summed E-state index contributed by atoms with van der Waals surface area (Å²) in [7, 11) is 2.11. The van der Waals surface area contributed by atoms with Crippen LogP contribution in [0.2, 0.25) is 0 Å². The molecule has 0 aromatic heterocycles. The number of rotatable bonds is 7. The third-order valence-corrected chi connectivity index (χ3v) is 2.44. The maximum Gasteiger partial charge on any atom is 0.0684 e. The predicted octanol–water partition coefficient (Wildman–Crippen LogP) is 1.47. The number of nitrogens with one attached hydrogen (secondary N) is 1. The molecule has 0 fully saturated rings. The molecule has 0 aromatic carbocycles. The van der Waals surface area contributed by atoms with E-state index in [-0.39, 0.29) is 5.41 Å². The van der Waals surface area contributed by atoms with Crippen LogP contribution in [-0.2, 0) is 0 Å². The topological polar surface area (TPSA) is 39.1 Å². The summed E-state index contributed by atoms with van der Waals surface area (Å²) in [6, 6.07) is 2.30. The summed E-state index contributed by atoms with van der Waals surface area (Å²) in [4.78, 5) is 2.27. The second-order valence-electron chi connectivity index (χ2n) is 4.39. The molecule has 14 heavy (non-hydrogen) atoms. The lowest BCUT2D eigenvalue weighted by Gasteiger charge is -2.17. The van der Waals surface area contributed by atoms with Crippen LogP contribution in [0, 0.1) is 16.7 Å². The number of hydrogen-bond acceptors (Lipinski definition) is 3. The van der Waals surface area contributed by atoms with E-state index >= 15 is 0 Å². The molecule has 0 radical (unpaired) electrons. The summed E-state index contributed by atoms with van der Waals surface area (Å²) in [5.41, 5.74) is -0.191. The van der Waals surface area contributed by atoms with E-state index in [2.05, 4.69) is 30.3 Å². The van der Waals surface area contributed by atoms with E-state index in [1.54, 1.807) is 0 Å². The first kappa shape index (κ1) is 13.4. The van der Waals surface area contributed by atoms with Gasteiger partial charge in [0.1, 0.15) is 0 Å². The molecule has 82 valence electrons. The van der Waals surface area contributed by atoms with Crippen LogP contribution < -0.4 is 5.32 Å². The fourth-order valence-electron chi connectivity index (χ4n) is 1.01. The summed E-state index contributed by atoms with van der Waals surface area (Å²) in [5, 5.41) is 12.1. The monoisotopic (exact) mass is 197 g/mol. The van der Waals surface area contributed by atoms with Gasteiger partial charge in [-0.25, -0.2) is 0 Å². The summed E-state index contributed by atoms with van der Waals surface area (Å²) in [6.45, 7) is 10.2. The lowest BCUT2D eigenvalue weighted by Crippen LogP contribution is -2.30. The van der Waals surface area contributed by atoms with E-state index in [9.17, 15) is 0 Å². The largest absolute Gasteiger partial charge is 0.315 e. The quantitative estimate of drug-likeness (QED) is 0.628. The molecule has 0 heterocycles. The van der Waals surface area contributed by atoms with Gasteiger partial charge in [0.2, 0.25) is 0 Å². The maximum absolute atomic E-state index is 8.79. The number of likely N-dealkylation sites (N-methyl/N-ethyl adjacent to an activating group) is 1. The second kappa shape index (κ2) is 6.80. The van der Waals surface area contributed by atoms with E-state index < -0.39 is 0 Å². The van der Waals surface area contributed by atoms with Gasteiger partial charge in [0.15, 0.2) is 0 Å². The number of hydrogen-bond donors (Lipinski definition) is 1. The summed E-state index contributed by atoms with van der Waals surface area (Å²) < 4.78 is 0. The Balaban J connectivity index is 3.35. The van der Waals surface area contributed by atoms with Gasteiger partial charge in [-0.1, -0.05) is 6.92 Å². The van der Waals surface area contributed by atoms with Crippen molar-refractivity contribution in [3.05, 3.63) is 0 Å². The van der Waals surface area contributed by atoms with Gasteiger partial charge in [0.05, 0.1) is 11.5 Å². The average Bonchev–Trinajstić information content (AvgIpc) is 2.17. The molecular formula is C11H23N3. The molecule has 3 heteroatoms.